The van der Waals surface area contributed by atoms with Crippen LogP contribution in [-0.2, 0) is 13.0 Å². The van der Waals surface area contributed by atoms with Gasteiger partial charge in [0.25, 0.3) is 0 Å². The van der Waals surface area contributed by atoms with Crippen molar-refractivity contribution < 1.29 is 9.47 Å². The van der Waals surface area contributed by atoms with Crippen LogP contribution in [0.1, 0.15) is 24.0 Å². The molecular weight excluding hydrogens is 286 g/mol. The van der Waals surface area contributed by atoms with Gasteiger partial charge in [-0.15, -0.1) is 0 Å². The molecule has 3 heteroatoms. The van der Waals surface area contributed by atoms with Gasteiger partial charge in [0.15, 0.2) is 0 Å². The van der Waals surface area contributed by atoms with Gasteiger partial charge in [-0.3, -0.25) is 4.90 Å². The average Bonchev–Trinajstić information content (AvgIpc) is 2.97. The van der Waals surface area contributed by atoms with Gasteiger partial charge in [0.1, 0.15) is 18.1 Å². The lowest BCUT2D eigenvalue weighted by atomic mass is 9.86. The summed E-state index contributed by atoms with van der Waals surface area (Å²) in [7, 11) is 1.74. The highest BCUT2D eigenvalue weighted by atomic mass is 16.5. The van der Waals surface area contributed by atoms with E-state index in [1.165, 1.54) is 24.0 Å². The van der Waals surface area contributed by atoms with Crippen LogP contribution in [0, 0.1) is 0 Å². The van der Waals surface area contributed by atoms with Crippen molar-refractivity contribution in [3.05, 3.63) is 59.7 Å². The molecule has 2 aromatic rings. The zero-order chi connectivity index (χ0) is 15.7. The molecule has 4 rings (SSSR count). The number of hydrogen-bond donors (Lipinski definition) is 0. The molecule has 0 radical (unpaired) electrons. The highest BCUT2D eigenvalue weighted by Crippen LogP contribution is 2.43. The molecule has 1 saturated heterocycles. The van der Waals surface area contributed by atoms with Crippen LogP contribution in [0.3, 0.4) is 0 Å². The van der Waals surface area contributed by atoms with Gasteiger partial charge in [0.2, 0.25) is 0 Å². The van der Waals surface area contributed by atoms with Gasteiger partial charge in [-0.2, -0.15) is 0 Å². The van der Waals surface area contributed by atoms with Crippen LogP contribution < -0.4 is 9.47 Å². The zero-order valence-electron chi connectivity index (χ0n) is 13.6. The van der Waals surface area contributed by atoms with Gasteiger partial charge in [-0.25, -0.2) is 0 Å². The van der Waals surface area contributed by atoms with Gasteiger partial charge >= 0.3 is 0 Å². The van der Waals surface area contributed by atoms with E-state index in [2.05, 4.69) is 41.3 Å². The lowest BCUT2D eigenvalue weighted by Gasteiger charge is -2.42. The third-order valence-corrected chi connectivity index (χ3v) is 5.27. The average molecular weight is 309 g/mol. The maximum absolute atomic E-state index is 6.15. The molecule has 2 aliphatic rings. The number of hydrogen-bond acceptors (Lipinski definition) is 3. The van der Waals surface area contributed by atoms with E-state index >= 15 is 0 Å². The summed E-state index contributed by atoms with van der Waals surface area (Å²) >= 11 is 0. The summed E-state index contributed by atoms with van der Waals surface area (Å²) in [4.78, 5) is 2.61. The van der Waals surface area contributed by atoms with E-state index < -0.39 is 0 Å². The molecule has 0 aromatic heterocycles. The van der Waals surface area contributed by atoms with Gasteiger partial charge in [-0.1, -0.05) is 36.4 Å². The number of nitrogens with zero attached hydrogens (tertiary/aromatic N) is 1. The second-order valence-electron chi connectivity index (χ2n) is 6.64. The standard InChI is InChI=1S/C20H23NO2/c1-22-18-9-5-10-19-17(18)13-20(15-23-19)11-6-12-21(20)14-16-7-3-2-4-8-16/h2-5,7-10H,6,11-15H2,1H3. The van der Waals surface area contributed by atoms with Crippen molar-refractivity contribution in [1.82, 2.24) is 4.90 Å². The Morgan fingerprint density at radius 1 is 1.13 bits per heavy atom. The molecule has 1 unspecified atom stereocenters. The van der Waals surface area contributed by atoms with Crippen molar-refractivity contribution in [3.63, 3.8) is 0 Å². The smallest absolute Gasteiger partial charge is 0.126 e. The van der Waals surface area contributed by atoms with Crippen molar-refractivity contribution in [3.8, 4) is 11.5 Å². The first kappa shape index (κ1) is 14.6. The minimum absolute atomic E-state index is 0.109. The minimum atomic E-state index is 0.109. The summed E-state index contributed by atoms with van der Waals surface area (Å²) in [6.45, 7) is 2.91. The Labute approximate surface area is 137 Å². The van der Waals surface area contributed by atoms with E-state index in [1.807, 2.05) is 12.1 Å². The van der Waals surface area contributed by atoms with E-state index in [-0.39, 0.29) is 5.54 Å². The van der Waals surface area contributed by atoms with Crippen molar-refractivity contribution >= 4 is 0 Å². The monoisotopic (exact) mass is 309 g/mol. The third-order valence-electron chi connectivity index (χ3n) is 5.27. The number of benzene rings is 2. The lowest BCUT2D eigenvalue weighted by molar-refractivity contribution is 0.0538. The predicted octanol–water partition coefficient (Wildman–Crippen LogP) is 3.66. The van der Waals surface area contributed by atoms with E-state index in [4.69, 9.17) is 9.47 Å². The van der Waals surface area contributed by atoms with Gasteiger partial charge in [-0.05, 0) is 37.1 Å². The number of likely N-dealkylation sites (tertiary alicyclic amines) is 1. The summed E-state index contributed by atoms with van der Waals surface area (Å²) in [5.41, 5.74) is 2.71. The fraction of sp³-hybridized carbons (Fsp3) is 0.400. The molecule has 2 aromatic carbocycles. The summed E-state index contributed by atoms with van der Waals surface area (Å²) in [5.74, 6) is 1.94. The maximum Gasteiger partial charge on any atom is 0.126 e. The number of fused-ring (bicyclic) bond motifs is 1. The summed E-state index contributed by atoms with van der Waals surface area (Å²) in [6.07, 6.45) is 3.44. The topological polar surface area (TPSA) is 21.7 Å². The van der Waals surface area contributed by atoms with E-state index in [9.17, 15) is 0 Å². The van der Waals surface area contributed by atoms with Crippen LogP contribution in [0.15, 0.2) is 48.5 Å². The van der Waals surface area contributed by atoms with Crippen molar-refractivity contribution in [2.75, 3.05) is 20.3 Å². The molecule has 3 nitrogen and oxygen atoms in total. The Bertz CT molecular complexity index is 671. The Morgan fingerprint density at radius 2 is 2.00 bits per heavy atom. The number of methoxy groups -OCH3 is 1. The van der Waals surface area contributed by atoms with Crippen LogP contribution in [0.4, 0.5) is 0 Å². The van der Waals surface area contributed by atoms with Gasteiger partial charge in [0.05, 0.1) is 12.6 Å². The normalized spacial score (nSPS) is 23.5. The Kier molecular flexibility index (Phi) is 3.74. The van der Waals surface area contributed by atoms with Crippen molar-refractivity contribution in [1.29, 1.82) is 0 Å². The minimum Gasteiger partial charge on any atom is -0.496 e. The fourth-order valence-corrected chi connectivity index (χ4v) is 4.05. The van der Waals surface area contributed by atoms with Crippen molar-refractivity contribution in [2.24, 2.45) is 0 Å². The molecular formula is C20H23NO2. The molecule has 120 valence electrons. The maximum atomic E-state index is 6.15. The Hall–Kier alpha value is -2.00. The van der Waals surface area contributed by atoms with Crippen LogP contribution in [-0.4, -0.2) is 30.7 Å². The Balaban J connectivity index is 1.62. The van der Waals surface area contributed by atoms with Crippen LogP contribution in [0.2, 0.25) is 0 Å². The van der Waals surface area contributed by atoms with E-state index in [0.717, 1.165) is 37.6 Å². The molecule has 1 spiro atoms. The first-order valence-electron chi connectivity index (χ1n) is 8.38. The molecule has 0 saturated carbocycles. The van der Waals surface area contributed by atoms with Crippen molar-refractivity contribution in [2.45, 2.75) is 31.3 Å². The quantitative estimate of drug-likeness (QED) is 0.863. The molecule has 1 atom stereocenters. The predicted molar refractivity (Wildman–Crippen MR) is 91.0 cm³/mol. The summed E-state index contributed by atoms with van der Waals surface area (Å²) < 4.78 is 11.7. The second-order valence-corrected chi connectivity index (χ2v) is 6.64. The first-order valence-corrected chi connectivity index (χ1v) is 8.38. The van der Waals surface area contributed by atoms with Gasteiger partial charge in [0, 0.05) is 18.5 Å². The van der Waals surface area contributed by atoms with Gasteiger partial charge < -0.3 is 9.47 Å². The first-order chi connectivity index (χ1) is 11.3. The molecule has 0 bridgehead atoms. The SMILES string of the molecule is COc1cccc2c1CC1(CCCN1Cc1ccccc1)CO2. The van der Waals surface area contributed by atoms with Crippen LogP contribution in [0.5, 0.6) is 11.5 Å². The molecule has 2 aliphatic heterocycles. The highest BCUT2D eigenvalue weighted by Gasteiger charge is 2.45. The third kappa shape index (κ3) is 2.59. The largest absolute Gasteiger partial charge is 0.496 e. The fourth-order valence-electron chi connectivity index (χ4n) is 4.05. The molecule has 1 fully saturated rings. The molecule has 23 heavy (non-hydrogen) atoms. The zero-order valence-corrected chi connectivity index (χ0v) is 13.6. The van der Waals surface area contributed by atoms with Crippen LogP contribution in [0.25, 0.3) is 0 Å². The highest BCUT2D eigenvalue weighted by molar-refractivity contribution is 5.47. The summed E-state index contributed by atoms with van der Waals surface area (Å²) in [5, 5.41) is 0. The lowest BCUT2D eigenvalue weighted by Crippen LogP contribution is -2.51. The molecule has 0 N–H and O–H groups in total. The molecule has 0 amide bonds. The Morgan fingerprint density at radius 3 is 2.83 bits per heavy atom. The number of ether oxygens (including phenoxy) is 2. The van der Waals surface area contributed by atoms with E-state index in [0.29, 0.717) is 0 Å². The second kappa shape index (κ2) is 5.89. The molecule has 2 heterocycles. The molecule has 0 aliphatic carbocycles. The number of rotatable bonds is 3. The summed E-state index contributed by atoms with van der Waals surface area (Å²) in [6, 6.07) is 16.8. The van der Waals surface area contributed by atoms with Crippen LogP contribution >= 0.6 is 0 Å². The van der Waals surface area contributed by atoms with E-state index in [1.54, 1.807) is 7.11 Å².